The van der Waals surface area contributed by atoms with Crippen LogP contribution in [0, 0.1) is 0 Å². The molecule has 0 unspecified atom stereocenters. The van der Waals surface area contributed by atoms with Crippen LogP contribution in [0.2, 0.25) is 0 Å². The van der Waals surface area contributed by atoms with E-state index in [9.17, 15) is 18.3 Å². The third-order valence-electron chi connectivity index (χ3n) is 2.74. The average Bonchev–Trinajstić information content (AvgIpc) is 2.68. The van der Waals surface area contributed by atoms with Crippen molar-refractivity contribution >= 4 is 16.9 Å². The highest BCUT2D eigenvalue weighted by Gasteiger charge is 2.49. The van der Waals surface area contributed by atoms with E-state index >= 15 is 0 Å². The summed E-state index contributed by atoms with van der Waals surface area (Å²) in [7, 11) is 1.63. The van der Waals surface area contributed by atoms with Crippen LogP contribution in [0.5, 0.6) is 0 Å². The molecule has 4 nitrogen and oxygen atoms in total. The summed E-state index contributed by atoms with van der Waals surface area (Å²) in [6.07, 6.45) is -7.69. The summed E-state index contributed by atoms with van der Waals surface area (Å²) >= 11 is 1.15. The lowest BCUT2D eigenvalue weighted by Crippen LogP contribution is -2.53. The number of alkyl halides is 3. The molecular weight excluding hydrogens is 257 g/mol. The lowest BCUT2D eigenvalue weighted by molar-refractivity contribution is -0.144. The van der Waals surface area contributed by atoms with Crippen molar-refractivity contribution in [1.29, 1.82) is 0 Å². The molecule has 0 aromatic heterocycles. The fourth-order valence-corrected chi connectivity index (χ4v) is 2.96. The van der Waals surface area contributed by atoms with Crippen molar-refractivity contribution in [3.63, 3.8) is 0 Å². The van der Waals surface area contributed by atoms with Gasteiger partial charge in [0.05, 0.1) is 6.10 Å². The summed E-state index contributed by atoms with van der Waals surface area (Å²) < 4.78 is 43.6. The molecule has 2 rings (SSSR count). The van der Waals surface area contributed by atoms with Crippen LogP contribution < -0.4 is 5.32 Å². The summed E-state index contributed by atoms with van der Waals surface area (Å²) in [5.74, 6) is 0. The molecule has 0 aliphatic carbocycles. The number of halogens is 3. The zero-order chi connectivity index (χ0) is 12.6. The van der Waals surface area contributed by atoms with Crippen molar-refractivity contribution in [2.75, 3.05) is 7.05 Å². The Bertz CT molecular complexity index is 319. The average molecular weight is 270 g/mol. The topological polar surface area (TPSA) is 53.9 Å². The van der Waals surface area contributed by atoms with Gasteiger partial charge >= 0.3 is 0 Å². The van der Waals surface area contributed by atoms with Gasteiger partial charge in [-0.1, -0.05) is 11.8 Å². The maximum atomic E-state index is 13.8. The molecule has 0 aromatic carbocycles. The van der Waals surface area contributed by atoms with Crippen LogP contribution in [0.4, 0.5) is 13.2 Å². The predicted octanol–water partition coefficient (Wildman–Crippen LogP) is 0.756. The zero-order valence-electron chi connectivity index (χ0n) is 9.02. The second kappa shape index (κ2) is 5.03. The molecule has 0 bridgehead atoms. The van der Waals surface area contributed by atoms with Gasteiger partial charge in [-0.05, 0) is 0 Å². The van der Waals surface area contributed by atoms with E-state index < -0.39 is 42.7 Å². The highest BCUT2D eigenvalue weighted by molar-refractivity contribution is 8.14. The number of hydrogen-bond acceptors (Lipinski definition) is 5. The van der Waals surface area contributed by atoms with Gasteiger partial charge < -0.3 is 15.2 Å². The quantitative estimate of drug-likeness (QED) is 0.777. The van der Waals surface area contributed by atoms with Crippen LogP contribution in [0.25, 0.3) is 0 Å². The third kappa shape index (κ3) is 2.53. The van der Waals surface area contributed by atoms with Crippen LogP contribution in [0.1, 0.15) is 6.42 Å². The SMILES string of the molecule is CNC1=N[C@@H]2[C@@H](F)[C@H](O)[C@@H](CC(F)F)O[C@@H]2S1. The first-order chi connectivity index (χ1) is 8.02. The van der Waals surface area contributed by atoms with Crippen molar-refractivity contribution in [3.8, 4) is 0 Å². The number of aliphatic imine (C=N–C) groups is 1. The van der Waals surface area contributed by atoms with E-state index in [0.29, 0.717) is 5.17 Å². The number of amidine groups is 1. The van der Waals surface area contributed by atoms with E-state index in [4.69, 9.17) is 4.74 Å². The minimum absolute atomic E-state index is 0.493. The number of aliphatic hydroxyl groups excluding tert-OH is 1. The first-order valence-electron chi connectivity index (χ1n) is 5.21. The summed E-state index contributed by atoms with van der Waals surface area (Å²) in [5.41, 5.74) is -0.639. The third-order valence-corrected chi connectivity index (χ3v) is 3.89. The molecule has 2 N–H and O–H groups in total. The number of aliphatic hydroxyl groups is 1. The van der Waals surface area contributed by atoms with Gasteiger partial charge in [-0.2, -0.15) is 0 Å². The molecule has 17 heavy (non-hydrogen) atoms. The number of nitrogens with one attached hydrogen (secondary N) is 1. The number of fused-ring (bicyclic) bond motifs is 1. The van der Waals surface area contributed by atoms with Gasteiger partial charge in [0, 0.05) is 13.5 Å². The highest BCUT2D eigenvalue weighted by Crippen LogP contribution is 2.38. The minimum atomic E-state index is -2.63. The number of hydrogen-bond donors (Lipinski definition) is 2. The molecule has 2 aliphatic rings. The van der Waals surface area contributed by atoms with E-state index in [-0.39, 0.29) is 0 Å². The minimum Gasteiger partial charge on any atom is -0.387 e. The Kier molecular flexibility index (Phi) is 3.84. The van der Waals surface area contributed by atoms with Crippen molar-refractivity contribution in [1.82, 2.24) is 5.32 Å². The molecular formula is C9H13F3N2O2S. The fourth-order valence-electron chi connectivity index (χ4n) is 1.89. The van der Waals surface area contributed by atoms with Crippen molar-refractivity contribution < 1.29 is 23.0 Å². The summed E-state index contributed by atoms with van der Waals surface area (Å²) in [6.45, 7) is 0. The van der Waals surface area contributed by atoms with E-state index in [0.717, 1.165) is 11.8 Å². The Hall–Kier alpha value is -0.470. The summed E-state index contributed by atoms with van der Waals surface area (Å²) in [5, 5.41) is 12.8. The first kappa shape index (κ1) is 13.0. The number of nitrogens with zero attached hydrogens (tertiary/aromatic N) is 1. The van der Waals surface area contributed by atoms with Gasteiger partial charge in [-0.15, -0.1) is 0 Å². The van der Waals surface area contributed by atoms with Gasteiger partial charge in [0.2, 0.25) is 6.43 Å². The number of rotatable bonds is 2. The first-order valence-corrected chi connectivity index (χ1v) is 6.09. The highest BCUT2D eigenvalue weighted by atomic mass is 32.2. The van der Waals surface area contributed by atoms with Crippen LogP contribution in [-0.4, -0.2) is 53.6 Å². The Morgan fingerprint density at radius 2 is 2.29 bits per heavy atom. The molecule has 1 saturated heterocycles. The summed E-state index contributed by atoms with van der Waals surface area (Å²) in [4.78, 5) is 3.99. The van der Waals surface area contributed by atoms with Crippen molar-refractivity contribution in [2.45, 2.75) is 42.7 Å². The van der Waals surface area contributed by atoms with Crippen LogP contribution in [0.15, 0.2) is 4.99 Å². The van der Waals surface area contributed by atoms with Crippen molar-refractivity contribution in [3.05, 3.63) is 0 Å². The Labute approximate surface area is 101 Å². The Morgan fingerprint density at radius 1 is 1.59 bits per heavy atom. The fraction of sp³-hybridized carbons (Fsp3) is 0.889. The van der Waals surface area contributed by atoms with E-state index in [2.05, 4.69) is 10.3 Å². The normalized spacial score (nSPS) is 41.3. The molecule has 5 atom stereocenters. The largest absolute Gasteiger partial charge is 0.387 e. The van der Waals surface area contributed by atoms with Gasteiger partial charge in [-0.3, -0.25) is 4.99 Å². The van der Waals surface area contributed by atoms with Crippen LogP contribution in [-0.2, 0) is 4.74 Å². The molecule has 0 saturated carbocycles. The molecule has 0 spiro atoms. The van der Waals surface area contributed by atoms with Gasteiger partial charge in [0.15, 0.2) is 11.3 Å². The molecule has 1 fully saturated rings. The van der Waals surface area contributed by atoms with E-state index in [1.165, 1.54) is 0 Å². The molecule has 2 heterocycles. The van der Waals surface area contributed by atoms with Gasteiger partial charge in [0.1, 0.15) is 17.6 Å². The molecule has 0 aromatic rings. The monoisotopic (exact) mass is 270 g/mol. The lowest BCUT2D eigenvalue weighted by Gasteiger charge is -2.36. The van der Waals surface area contributed by atoms with E-state index in [1.54, 1.807) is 7.05 Å². The standard InChI is InChI=1S/C9H13F3N2O2S/c1-13-9-14-6-5(12)7(15)3(2-4(10)11)16-8(6)17-9/h3-8,15H,2H2,1H3,(H,13,14)/t3-,5-,6-,7-,8-/m1/s1. The maximum absolute atomic E-state index is 13.8. The Balaban J connectivity index is 2.07. The molecule has 98 valence electrons. The number of thioether (sulfide) groups is 1. The maximum Gasteiger partial charge on any atom is 0.241 e. The van der Waals surface area contributed by atoms with Gasteiger partial charge in [0.25, 0.3) is 0 Å². The second-order valence-corrected chi connectivity index (χ2v) is 4.98. The van der Waals surface area contributed by atoms with Gasteiger partial charge in [-0.25, -0.2) is 13.2 Å². The predicted molar refractivity (Wildman–Crippen MR) is 58.1 cm³/mol. The van der Waals surface area contributed by atoms with Crippen LogP contribution in [0.3, 0.4) is 0 Å². The lowest BCUT2D eigenvalue weighted by atomic mass is 9.98. The molecule has 0 amide bonds. The molecule has 0 radical (unpaired) electrons. The summed E-state index contributed by atoms with van der Waals surface area (Å²) in [6, 6.07) is -0.827. The van der Waals surface area contributed by atoms with Crippen LogP contribution >= 0.6 is 11.8 Å². The Morgan fingerprint density at radius 3 is 2.88 bits per heavy atom. The molecule has 8 heteroatoms. The van der Waals surface area contributed by atoms with E-state index in [1.807, 2.05) is 0 Å². The van der Waals surface area contributed by atoms with Crippen molar-refractivity contribution in [2.24, 2.45) is 4.99 Å². The zero-order valence-corrected chi connectivity index (χ0v) is 9.83. The second-order valence-electron chi connectivity index (χ2n) is 3.90. The molecule has 2 aliphatic heterocycles. The smallest absolute Gasteiger partial charge is 0.241 e. The number of ether oxygens (including phenoxy) is 1.